The Morgan fingerprint density at radius 3 is 2.50 bits per heavy atom. The maximum absolute atomic E-state index is 12.2. The van der Waals surface area contributed by atoms with Crippen molar-refractivity contribution in [2.45, 2.75) is 38.5 Å². The van der Waals surface area contributed by atoms with E-state index in [4.69, 9.17) is 0 Å². The molecule has 0 aliphatic rings. The molecule has 0 heterocycles. The predicted octanol–water partition coefficient (Wildman–Crippen LogP) is 2.65. The number of carbonyl (C=O) groups is 1. The number of rotatable bonds is 7. The molecule has 112 valence electrons. The van der Waals surface area contributed by atoms with Gasteiger partial charge in [0, 0.05) is 6.54 Å². The number of sulfone groups is 1. The molecule has 1 N–H and O–H groups in total. The van der Waals surface area contributed by atoms with Gasteiger partial charge in [0.25, 0.3) is 5.91 Å². The van der Waals surface area contributed by atoms with E-state index >= 15 is 0 Å². The highest BCUT2D eigenvalue weighted by Gasteiger charge is 2.21. The lowest BCUT2D eigenvalue weighted by atomic mass is 10.1. The lowest BCUT2D eigenvalue weighted by Crippen LogP contribution is -2.27. The molecule has 0 aliphatic carbocycles. The molecule has 0 bridgehead atoms. The van der Waals surface area contributed by atoms with E-state index in [0.717, 1.165) is 6.42 Å². The van der Waals surface area contributed by atoms with Gasteiger partial charge in [-0.3, -0.25) is 4.79 Å². The highest BCUT2D eigenvalue weighted by atomic mass is 32.2. The molecule has 0 aromatic heterocycles. The lowest BCUT2D eigenvalue weighted by molar-refractivity contribution is 0.0948. The van der Waals surface area contributed by atoms with Crippen LogP contribution in [0.1, 0.15) is 44.0 Å². The molecular formula is C15H23NO3S. The molecule has 0 saturated carbocycles. The van der Waals surface area contributed by atoms with Crippen LogP contribution in [0.3, 0.4) is 0 Å². The smallest absolute Gasteiger partial charge is 0.252 e. The number of hydrogen-bond donors (Lipinski definition) is 1. The van der Waals surface area contributed by atoms with Gasteiger partial charge in [0.05, 0.1) is 16.2 Å². The van der Waals surface area contributed by atoms with Gasteiger partial charge in [0.1, 0.15) is 0 Å². The molecule has 4 nitrogen and oxygen atoms in total. The summed E-state index contributed by atoms with van der Waals surface area (Å²) in [7, 11) is -3.39. The van der Waals surface area contributed by atoms with E-state index in [-0.39, 0.29) is 22.1 Å². The first-order valence-corrected chi connectivity index (χ1v) is 8.63. The molecule has 1 aromatic rings. The Morgan fingerprint density at radius 1 is 1.25 bits per heavy atom. The van der Waals surface area contributed by atoms with Crippen molar-refractivity contribution in [1.29, 1.82) is 0 Å². The van der Waals surface area contributed by atoms with E-state index in [9.17, 15) is 13.2 Å². The Hall–Kier alpha value is -1.36. The first kappa shape index (κ1) is 16.7. The van der Waals surface area contributed by atoms with Gasteiger partial charge in [-0.15, -0.1) is 0 Å². The summed E-state index contributed by atoms with van der Waals surface area (Å²) in [6, 6.07) is 6.39. The molecular weight excluding hydrogens is 274 g/mol. The standard InChI is InChI=1S/C15H23NO3S/c1-4-11-20(18,19)14-8-6-5-7-13(14)15(17)16-10-9-12(2)3/h5-8,12H,4,9-11H2,1-3H3,(H,16,17). The van der Waals surface area contributed by atoms with E-state index < -0.39 is 9.84 Å². The summed E-state index contributed by atoms with van der Waals surface area (Å²) >= 11 is 0. The van der Waals surface area contributed by atoms with Gasteiger partial charge in [-0.1, -0.05) is 32.9 Å². The Kier molecular flexibility index (Phi) is 6.20. The second-order valence-corrected chi connectivity index (χ2v) is 7.33. The third kappa shape index (κ3) is 4.63. The average molecular weight is 297 g/mol. The monoisotopic (exact) mass is 297 g/mol. The fourth-order valence-electron chi connectivity index (χ4n) is 1.87. The van der Waals surface area contributed by atoms with Crippen LogP contribution in [0.2, 0.25) is 0 Å². The van der Waals surface area contributed by atoms with Crippen LogP contribution >= 0.6 is 0 Å². The van der Waals surface area contributed by atoms with Crippen molar-refractivity contribution in [2.75, 3.05) is 12.3 Å². The number of hydrogen-bond acceptors (Lipinski definition) is 3. The maximum atomic E-state index is 12.2. The Labute approximate surface area is 121 Å². The largest absolute Gasteiger partial charge is 0.352 e. The van der Waals surface area contributed by atoms with E-state index in [0.29, 0.717) is 18.9 Å². The summed E-state index contributed by atoms with van der Waals surface area (Å²) in [4.78, 5) is 12.3. The predicted molar refractivity (Wildman–Crippen MR) is 80.6 cm³/mol. The quantitative estimate of drug-likeness (QED) is 0.841. The third-order valence-corrected chi connectivity index (χ3v) is 4.92. The van der Waals surface area contributed by atoms with Gasteiger partial charge < -0.3 is 5.32 Å². The summed E-state index contributed by atoms with van der Waals surface area (Å²) < 4.78 is 24.3. The zero-order valence-corrected chi connectivity index (χ0v) is 13.2. The van der Waals surface area contributed by atoms with E-state index in [1.165, 1.54) is 6.07 Å². The number of benzene rings is 1. The van der Waals surface area contributed by atoms with E-state index in [1.54, 1.807) is 18.2 Å². The number of nitrogens with one attached hydrogen (secondary N) is 1. The van der Waals surface area contributed by atoms with Gasteiger partial charge >= 0.3 is 0 Å². The van der Waals surface area contributed by atoms with E-state index in [1.807, 2.05) is 6.92 Å². The zero-order chi connectivity index (χ0) is 15.2. The Morgan fingerprint density at radius 2 is 1.90 bits per heavy atom. The van der Waals surface area contributed by atoms with Crippen molar-refractivity contribution in [3.8, 4) is 0 Å². The normalized spacial score (nSPS) is 11.6. The Balaban J connectivity index is 2.93. The SMILES string of the molecule is CCCS(=O)(=O)c1ccccc1C(=O)NCCC(C)C. The minimum atomic E-state index is -3.39. The topological polar surface area (TPSA) is 63.2 Å². The summed E-state index contributed by atoms with van der Waals surface area (Å²) in [5, 5.41) is 2.78. The van der Waals surface area contributed by atoms with Crippen LogP contribution in [-0.2, 0) is 9.84 Å². The van der Waals surface area contributed by atoms with E-state index in [2.05, 4.69) is 19.2 Å². The van der Waals surface area contributed by atoms with Crippen molar-refractivity contribution < 1.29 is 13.2 Å². The van der Waals surface area contributed by atoms with Crippen LogP contribution in [0.4, 0.5) is 0 Å². The van der Waals surface area contributed by atoms with Gasteiger partial charge in [-0.05, 0) is 30.9 Å². The summed E-state index contributed by atoms with van der Waals surface area (Å²) in [6.07, 6.45) is 1.40. The van der Waals surface area contributed by atoms with Crippen LogP contribution in [0.15, 0.2) is 29.2 Å². The van der Waals surface area contributed by atoms with Crippen molar-refractivity contribution >= 4 is 15.7 Å². The fraction of sp³-hybridized carbons (Fsp3) is 0.533. The molecule has 1 amide bonds. The number of carbonyl (C=O) groups excluding carboxylic acids is 1. The minimum absolute atomic E-state index is 0.0588. The molecule has 0 saturated heterocycles. The van der Waals surface area contributed by atoms with Crippen LogP contribution in [-0.4, -0.2) is 26.6 Å². The first-order chi connectivity index (χ1) is 9.38. The lowest BCUT2D eigenvalue weighted by Gasteiger charge is -2.11. The zero-order valence-electron chi connectivity index (χ0n) is 12.3. The van der Waals surface area contributed by atoms with Crippen LogP contribution in [0.5, 0.6) is 0 Å². The average Bonchev–Trinajstić information content (AvgIpc) is 2.38. The second-order valence-electron chi connectivity index (χ2n) is 5.25. The molecule has 0 fully saturated rings. The molecule has 5 heteroatoms. The Bertz CT molecular complexity index is 550. The van der Waals surface area contributed by atoms with Gasteiger partial charge in [-0.25, -0.2) is 8.42 Å². The second kappa shape index (κ2) is 7.43. The summed E-state index contributed by atoms with van der Waals surface area (Å²) in [5.74, 6) is 0.235. The molecule has 0 unspecified atom stereocenters. The molecule has 1 rings (SSSR count). The molecule has 20 heavy (non-hydrogen) atoms. The molecule has 0 radical (unpaired) electrons. The van der Waals surface area contributed by atoms with Crippen LogP contribution in [0.25, 0.3) is 0 Å². The van der Waals surface area contributed by atoms with Crippen molar-refractivity contribution in [1.82, 2.24) is 5.32 Å². The van der Waals surface area contributed by atoms with Crippen molar-refractivity contribution in [3.63, 3.8) is 0 Å². The summed E-state index contributed by atoms with van der Waals surface area (Å²) in [5.41, 5.74) is 0.240. The first-order valence-electron chi connectivity index (χ1n) is 6.98. The van der Waals surface area contributed by atoms with Crippen LogP contribution in [0, 0.1) is 5.92 Å². The third-order valence-electron chi connectivity index (χ3n) is 2.95. The molecule has 0 atom stereocenters. The number of amides is 1. The van der Waals surface area contributed by atoms with Gasteiger partial charge in [0.15, 0.2) is 9.84 Å². The minimum Gasteiger partial charge on any atom is -0.352 e. The highest BCUT2D eigenvalue weighted by Crippen LogP contribution is 2.17. The highest BCUT2D eigenvalue weighted by molar-refractivity contribution is 7.91. The summed E-state index contributed by atoms with van der Waals surface area (Å²) in [6.45, 7) is 6.51. The molecule has 0 spiro atoms. The maximum Gasteiger partial charge on any atom is 0.252 e. The molecule has 1 aromatic carbocycles. The van der Waals surface area contributed by atoms with Crippen molar-refractivity contribution in [3.05, 3.63) is 29.8 Å². The van der Waals surface area contributed by atoms with Gasteiger partial charge in [-0.2, -0.15) is 0 Å². The van der Waals surface area contributed by atoms with Crippen molar-refractivity contribution in [2.24, 2.45) is 5.92 Å². The fourth-order valence-corrected chi connectivity index (χ4v) is 3.41. The van der Waals surface area contributed by atoms with Crippen LogP contribution < -0.4 is 5.32 Å². The molecule has 0 aliphatic heterocycles. The van der Waals surface area contributed by atoms with Gasteiger partial charge in [0.2, 0.25) is 0 Å².